The van der Waals surface area contributed by atoms with Gasteiger partial charge in [-0.05, 0) is 18.6 Å². The van der Waals surface area contributed by atoms with E-state index >= 15 is 0 Å². The minimum atomic E-state index is -0.186. The summed E-state index contributed by atoms with van der Waals surface area (Å²) in [5, 5.41) is 11.7. The standard InChI is InChI=1S/C14H15N3O2S/c1-10(8-11-6-4-3-5-7-11)13(18)15-14-17-16-12(20-14)9-19-2/h3-8H,9H2,1-2H3,(H,15,17,18)/b10-8-. The first kappa shape index (κ1) is 14.4. The van der Waals surface area contributed by atoms with Crippen molar-refractivity contribution in [1.82, 2.24) is 10.2 Å². The van der Waals surface area contributed by atoms with Crippen molar-refractivity contribution >= 4 is 28.5 Å². The van der Waals surface area contributed by atoms with E-state index in [1.165, 1.54) is 11.3 Å². The lowest BCUT2D eigenvalue weighted by molar-refractivity contribution is -0.112. The molecule has 0 atom stereocenters. The number of rotatable bonds is 5. The zero-order valence-corrected chi connectivity index (χ0v) is 12.1. The highest BCUT2D eigenvalue weighted by atomic mass is 32.1. The van der Waals surface area contributed by atoms with Gasteiger partial charge in [0.05, 0.1) is 0 Å². The van der Waals surface area contributed by atoms with E-state index in [2.05, 4.69) is 15.5 Å². The van der Waals surface area contributed by atoms with Crippen LogP contribution < -0.4 is 5.32 Å². The predicted molar refractivity (Wildman–Crippen MR) is 79.3 cm³/mol. The predicted octanol–water partition coefficient (Wildman–Crippen LogP) is 2.73. The fourth-order valence-electron chi connectivity index (χ4n) is 1.55. The van der Waals surface area contributed by atoms with Gasteiger partial charge in [0.2, 0.25) is 5.13 Å². The maximum atomic E-state index is 12.0. The monoisotopic (exact) mass is 289 g/mol. The number of hydrogen-bond donors (Lipinski definition) is 1. The van der Waals surface area contributed by atoms with Crippen LogP contribution in [0, 0.1) is 0 Å². The van der Waals surface area contributed by atoms with Crippen LogP contribution in [0.3, 0.4) is 0 Å². The van der Waals surface area contributed by atoms with E-state index in [1.807, 2.05) is 36.4 Å². The van der Waals surface area contributed by atoms with Gasteiger partial charge in [0, 0.05) is 12.7 Å². The van der Waals surface area contributed by atoms with E-state index in [4.69, 9.17) is 4.74 Å². The van der Waals surface area contributed by atoms with Crippen LogP contribution in [0.25, 0.3) is 6.08 Å². The highest BCUT2D eigenvalue weighted by Gasteiger charge is 2.09. The van der Waals surface area contributed by atoms with Crippen LogP contribution in [-0.4, -0.2) is 23.2 Å². The molecule has 0 unspecified atom stereocenters. The molecule has 2 rings (SSSR count). The summed E-state index contributed by atoms with van der Waals surface area (Å²) in [5.74, 6) is -0.186. The lowest BCUT2D eigenvalue weighted by atomic mass is 10.1. The average Bonchev–Trinajstić information content (AvgIpc) is 2.87. The number of nitrogens with one attached hydrogen (secondary N) is 1. The minimum absolute atomic E-state index is 0.186. The van der Waals surface area contributed by atoms with E-state index in [0.29, 0.717) is 17.3 Å². The van der Waals surface area contributed by atoms with Crippen molar-refractivity contribution in [1.29, 1.82) is 0 Å². The van der Waals surface area contributed by atoms with E-state index in [0.717, 1.165) is 10.6 Å². The van der Waals surface area contributed by atoms with Crippen LogP contribution in [0.1, 0.15) is 17.5 Å². The summed E-state index contributed by atoms with van der Waals surface area (Å²) in [5.41, 5.74) is 1.59. The summed E-state index contributed by atoms with van der Waals surface area (Å²) >= 11 is 1.30. The lowest BCUT2D eigenvalue weighted by Crippen LogP contribution is -2.12. The van der Waals surface area contributed by atoms with Crippen LogP contribution in [0.4, 0.5) is 5.13 Å². The van der Waals surface area contributed by atoms with Crippen molar-refractivity contribution in [2.24, 2.45) is 0 Å². The molecule has 5 nitrogen and oxygen atoms in total. The largest absolute Gasteiger partial charge is 0.377 e. The summed E-state index contributed by atoms with van der Waals surface area (Å²) in [4.78, 5) is 12.0. The zero-order chi connectivity index (χ0) is 14.4. The van der Waals surface area contributed by atoms with E-state index in [1.54, 1.807) is 14.0 Å². The third-order valence-corrected chi connectivity index (χ3v) is 3.31. The summed E-state index contributed by atoms with van der Waals surface area (Å²) in [6.45, 7) is 2.16. The highest BCUT2D eigenvalue weighted by Crippen LogP contribution is 2.17. The van der Waals surface area contributed by atoms with Gasteiger partial charge in [-0.1, -0.05) is 41.7 Å². The molecule has 0 aliphatic carbocycles. The van der Waals surface area contributed by atoms with Crippen LogP contribution >= 0.6 is 11.3 Å². The van der Waals surface area contributed by atoms with Crippen molar-refractivity contribution in [3.05, 3.63) is 46.5 Å². The van der Waals surface area contributed by atoms with Gasteiger partial charge < -0.3 is 4.74 Å². The van der Waals surface area contributed by atoms with Gasteiger partial charge in [0.25, 0.3) is 5.91 Å². The summed E-state index contributed by atoms with van der Waals surface area (Å²) in [6.07, 6.45) is 1.83. The molecule has 1 heterocycles. The topological polar surface area (TPSA) is 64.1 Å². The van der Waals surface area contributed by atoms with E-state index in [9.17, 15) is 4.79 Å². The van der Waals surface area contributed by atoms with Crippen molar-refractivity contribution < 1.29 is 9.53 Å². The molecule has 0 aliphatic heterocycles. The Hall–Kier alpha value is -2.05. The smallest absolute Gasteiger partial charge is 0.253 e. The number of nitrogens with zero attached hydrogens (tertiary/aromatic N) is 2. The van der Waals surface area contributed by atoms with Gasteiger partial charge >= 0.3 is 0 Å². The number of ether oxygens (including phenoxy) is 1. The molecule has 20 heavy (non-hydrogen) atoms. The maximum Gasteiger partial charge on any atom is 0.253 e. The first-order chi connectivity index (χ1) is 9.69. The second kappa shape index (κ2) is 6.93. The first-order valence-electron chi connectivity index (χ1n) is 6.05. The van der Waals surface area contributed by atoms with Crippen molar-refractivity contribution in [3.63, 3.8) is 0 Å². The number of aromatic nitrogens is 2. The lowest BCUT2D eigenvalue weighted by Gasteiger charge is -2.01. The Kier molecular flexibility index (Phi) is 4.97. The maximum absolute atomic E-state index is 12.0. The third kappa shape index (κ3) is 3.97. The second-order valence-electron chi connectivity index (χ2n) is 4.13. The highest BCUT2D eigenvalue weighted by molar-refractivity contribution is 7.15. The Morgan fingerprint density at radius 3 is 2.80 bits per heavy atom. The molecule has 2 aromatic rings. The molecule has 0 spiro atoms. The number of methoxy groups -OCH3 is 1. The SMILES string of the molecule is COCc1nnc(NC(=O)/C(C)=C\c2ccccc2)s1. The van der Waals surface area contributed by atoms with E-state index < -0.39 is 0 Å². The van der Waals surface area contributed by atoms with Crippen molar-refractivity contribution in [2.75, 3.05) is 12.4 Å². The molecule has 1 aromatic heterocycles. The molecular formula is C14H15N3O2S. The molecule has 1 N–H and O–H groups in total. The Morgan fingerprint density at radius 1 is 1.35 bits per heavy atom. The average molecular weight is 289 g/mol. The molecule has 0 saturated carbocycles. The summed E-state index contributed by atoms with van der Waals surface area (Å²) in [7, 11) is 1.59. The van der Waals surface area contributed by atoms with Gasteiger partial charge in [-0.3, -0.25) is 10.1 Å². The zero-order valence-electron chi connectivity index (χ0n) is 11.3. The first-order valence-corrected chi connectivity index (χ1v) is 6.86. The molecule has 1 amide bonds. The molecule has 1 aromatic carbocycles. The molecule has 0 aliphatic rings. The van der Waals surface area contributed by atoms with Gasteiger partial charge in [0.15, 0.2) is 0 Å². The van der Waals surface area contributed by atoms with Gasteiger partial charge in [0.1, 0.15) is 11.6 Å². The summed E-state index contributed by atoms with van der Waals surface area (Å²) in [6, 6.07) is 9.68. The normalized spacial score (nSPS) is 11.4. The quantitative estimate of drug-likeness (QED) is 0.860. The number of carbonyl (C=O) groups is 1. The third-order valence-electron chi connectivity index (χ3n) is 2.50. The Bertz CT molecular complexity index is 608. The summed E-state index contributed by atoms with van der Waals surface area (Å²) < 4.78 is 4.96. The van der Waals surface area contributed by atoms with Crippen LogP contribution in [-0.2, 0) is 16.1 Å². The molecule has 6 heteroatoms. The van der Waals surface area contributed by atoms with Crippen LogP contribution in [0.5, 0.6) is 0 Å². The number of amides is 1. The van der Waals surface area contributed by atoms with Crippen LogP contribution in [0.2, 0.25) is 0 Å². The molecule has 0 bridgehead atoms. The number of hydrogen-bond acceptors (Lipinski definition) is 5. The second-order valence-corrected chi connectivity index (χ2v) is 5.19. The van der Waals surface area contributed by atoms with Gasteiger partial charge in [-0.2, -0.15) is 0 Å². The fraction of sp³-hybridized carbons (Fsp3) is 0.214. The number of benzene rings is 1. The van der Waals surface area contributed by atoms with E-state index in [-0.39, 0.29) is 5.91 Å². The van der Waals surface area contributed by atoms with Gasteiger partial charge in [-0.15, -0.1) is 10.2 Å². The van der Waals surface area contributed by atoms with Gasteiger partial charge in [-0.25, -0.2) is 0 Å². The number of anilines is 1. The Labute approximate surface area is 121 Å². The Morgan fingerprint density at radius 2 is 2.10 bits per heavy atom. The molecule has 104 valence electrons. The van der Waals surface area contributed by atoms with Crippen molar-refractivity contribution in [3.8, 4) is 0 Å². The molecule has 0 fully saturated rings. The molecule has 0 saturated heterocycles. The Balaban J connectivity index is 2.02. The fourth-order valence-corrected chi connectivity index (χ4v) is 2.25. The molecule has 0 radical (unpaired) electrons. The minimum Gasteiger partial charge on any atom is -0.377 e. The number of carbonyl (C=O) groups excluding carboxylic acids is 1. The van der Waals surface area contributed by atoms with Crippen molar-refractivity contribution in [2.45, 2.75) is 13.5 Å². The molecular weight excluding hydrogens is 274 g/mol. The van der Waals surface area contributed by atoms with Crippen LogP contribution in [0.15, 0.2) is 35.9 Å².